The summed E-state index contributed by atoms with van der Waals surface area (Å²) < 4.78 is 20.5. The molecule has 0 aliphatic heterocycles. The van der Waals surface area contributed by atoms with Crippen LogP contribution in [0.5, 0.6) is 5.75 Å². The van der Waals surface area contributed by atoms with E-state index < -0.39 is 0 Å². The van der Waals surface area contributed by atoms with Crippen LogP contribution in [0.25, 0.3) is 0 Å². The van der Waals surface area contributed by atoms with Gasteiger partial charge in [0.05, 0.1) is 6.10 Å². The van der Waals surface area contributed by atoms with Gasteiger partial charge >= 0.3 is 0 Å². The lowest BCUT2D eigenvalue weighted by Crippen LogP contribution is -2.24. The molecule has 1 aliphatic rings. The van der Waals surface area contributed by atoms with Gasteiger partial charge in [0.2, 0.25) is 0 Å². The fourth-order valence-corrected chi connectivity index (χ4v) is 4.28. The lowest BCUT2D eigenvalue weighted by molar-refractivity contribution is 0.123. The molecule has 3 rings (SSSR count). The van der Waals surface area contributed by atoms with Crippen molar-refractivity contribution < 1.29 is 9.13 Å². The summed E-state index contributed by atoms with van der Waals surface area (Å²) in [5, 5.41) is 0. The molecule has 0 saturated heterocycles. The van der Waals surface area contributed by atoms with Crippen molar-refractivity contribution in [2.24, 2.45) is 5.92 Å². The van der Waals surface area contributed by atoms with Gasteiger partial charge in [-0.3, -0.25) is 0 Å². The fourth-order valence-electron chi connectivity index (χ4n) is 4.28. The van der Waals surface area contributed by atoms with Gasteiger partial charge in [0.15, 0.2) is 11.6 Å². The predicted octanol–water partition coefficient (Wildman–Crippen LogP) is 7.70. The Labute approximate surface area is 182 Å². The van der Waals surface area contributed by atoms with Gasteiger partial charge in [0.25, 0.3) is 0 Å². The van der Waals surface area contributed by atoms with E-state index in [-0.39, 0.29) is 11.9 Å². The minimum atomic E-state index is -0.316. The maximum absolute atomic E-state index is 14.5. The van der Waals surface area contributed by atoms with Crippen molar-refractivity contribution in [3.63, 3.8) is 0 Å². The molecule has 1 nitrogen and oxygen atoms in total. The van der Waals surface area contributed by atoms with Crippen LogP contribution in [0.1, 0.15) is 88.3 Å². The van der Waals surface area contributed by atoms with E-state index in [1.165, 1.54) is 56.6 Å². The number of hydrogen-bond acceptors (Lipinski definition) is 1. The van der Waals surface area contributed by atoms with Crippen LogP contribution in [-0.4, -0.2) is 6.10 Å². The van der Waals surface area contributed by atoms with Crippen molar-refractivity contribution in [2.45, 2.75) is 84.2 Å². The van der Waals surface area contributed by atoms with Gasteiger partial charge in [-0.15, -0.1) is 0 Å². The van der Waals surface area contributed by atoms with Crippen molar-refractivity contribution in [3.05, 3.63) is 65.0 Å². The highest BCUT2D eigenvalue weighted by atomic mass is 19.1. The largest absolute Gasteiger partial charge is 0.487 e. The summed E-state index contributed by atoms with van der Waals surface area (Å²) in [7, 11) is 0. The third kappa shape index (κ3) is 6.91. The van der Waals surface area contributed by atoms with E-state index in [1.807, 2.05) is 6.07 Å². The Bertz CT molecular complexity index is 835. The molecule has 1 fully saturated rings. The molecule has 30 heavy (non-hydrogen) atoms. The Morgan fingerprint density at radius 3 is 2.23 bits per heavy atom. The molecule has 2 aromatic carbocycles. The SMILES string of the molecule is CCCCCc1ccc(C#Cc2ccc(OC3CCC(CCC)CC3)c(F)c2)cc1. The summed E-state index contributed by atoms with van der Waals surface area (Å²) >= 11 is 0. The van der Waals surface area contributed by atoms with Gasteiger partial charge in [0, 0.05) is 11.1 Å². The highest BCUT2D eigenvalue weighted by Crippen LogP contribution is 2.31. The van der Waals surface area contributed by atoms with Crippen molar-refractivity contribution in [1.29, 1.82) is 0 Å². The maximum atomic E-state index is 14.5. The smallest absolute Gasteiger partial charge is 0.166 e. The zero-order valence-corrected chi connectivity index (χ0v) is 18.6. The number of ether oxygens (including phenoxy) is 1. The third-order valence-corrected chi connectivity index (χ3v) is 6.09. The Kier molecular flexibility index (Phi) is 8.81. The van der Waals surface area contributed by atoms with E-state index in [0.29, 0.717) is 11.3 Å². The van der Waals surface area contributed by atoms with E-state index in [1.54, 1.807) is 6.07 Å². The molecule has 0 bridgehead atoms. The Hall–Kier alpha value is -2.27. The standard InChI is InChI=1S/C28H35FO/c1-3-5-6-8-23-9-11-24(12-10-23)13-14-25-17-20-28(27(29)21-25)30-26-18-15-22(7-4-2)16-19-26/h9-12,17,20-22,26H,3-8,15-16,18-19H2,1-2H3. The second-order valence-electron chi connectivity index (χ2n) is 8.60. The number of unbranched alkanes of at least 4 members (excludes halogenated alkanes) is 2. The molecule has 0 radical (unpaired) electrons. The zero-order chi connectivity index (χ0) is 21.2. The molecule has 1 aliphatic carbocycles. The molecular weight excluding hydrogens is 371 g/mol. The minimum Gasteiger partial charge on any atom is -0.487 e. The van der Waals surface area contributed by atoms with Gasteiger partial charge in [-0.05, 0) is 80.3 Å². The molecular formula is C28H35FO. The fraction of sp³-hybridized carbons (Fsp3) is 0.500. The first-order valence-corrected chi connectivity index (χ1v) is 11.7. The molecule has 2 heteroatoms. The molecule has 0 aromatic heterocycles. The quantitative estimate of drug-likeness (QED) is 0.322. The Balaban J connectivity index is 1.54. The van der Waals surface area contributed by atoms with Crippen LogP contribution < -0.4 is 4.74 Å². The van der Waals surface area contributed by atoms with Gasteiger partial charge in [-0.2, -0.15) is 0 Å². The molecule has 0 amide bonds. The Morgan fingerprint density at radius 2 is 1.57 bits per heavy atom. The van der Waals surface area contributed by atoms with Crippen LogP contribution in [0.15, 0.2) is 42.5 Å². The summed E-state index contributed by atoms with van der Waals surface area (Å²) in [6, 6.07) is 13.5. The highest BCUT2D eigenvalue weighted by molar-refractivity contribution is 5.45. The Morgan fingerprint density at radius 1 is 0.867 bits per heavy atom. The molecule has 0 heterocycles. The van der Waals surface area contributed by atoms with Crippen molar-refractivity contribution in [2.75, 3.05) is 0 Å². The summed E-state index contributed by atoms with van der Waals surface area (Å²) in [5.74, 6) is 7.08. The van der Waals surface area contributed by atoms with Crippen molar-refractivity contribution >= 4 is 0 Å². The van der Waals surface area contributed by atoms with Crippen LogP contribution in [0, 0.1) is 23.6 Å². The summed E-state index contributed by atoms with van der Waals surface area (Å²) in [5.41, 5.74) is 2.99. The first-order valence-electron chi connectivity index (χ1n) is 11.7. The first-order chi connectivity index (χ1) is 14.7. The van der Waals surface area contributed by atoms with E-state index in [4.69, 9.17) is 4.74 Å². The minimum absolute atomic E-state index is 0.139. The van der Waals surface area contributed by atoms with Crippen LogP contribution >= 0.6 is 0 Å². The van der Waals surface area contributed by atoms with Gasteiger partial charge < -0.3 is 4.74 Å². The number of halogens is 1. The second kappa shape index (κ2) is 11.8. The molecule has 0 atom stereocenters. The van der Waals surface area contributed by atoms with Gasteiger partial charge in [-0.1, -0.05) is 63.5 Å². The average molecular weight is 407 g/mol. The van der Waals surface area contributed by atoms with Crippen molar-refractivity contribution in [3.8, 4) is 17.6 Å². The molecule has 1 saturated carbocycles. The van der Waals surface area contributed by atoms with Gasteiger partial charge in [-0.25, -0.2) is 4.39 Å². The van der Waals surface area contributed by atoms with Crippen LogP contribution in [0.3, 0.4) is 0 Å². The van der Waals surface area contributed by atoms with E-state index >= 15 is 0 Å². The van der Waals surface area contributed by atoms with Crippen LogP contribution in [-0.2, 0) is 6.42 Å². The number of rotatable bonds is 8. The summed E-state index contributed by atoms with van der Waals surface area (Å²) in [6.07, 6.45) is 12.0. The maximum Gasteiger partial charge on any atom is 0.166 e. The van der Waals surface area contributed by atoms with Crippen LogP contribution in [0.4, 0.5) is 4.39 Å². The van der Waals surface area contributed by atoms with E-state index in [2.05, 4.69) is 50.0 Å². The van der Waals surface area contributed by atoms with E-state index in [0.717, 1.165) is 30.7 Å². The first kappa shape index (κ1) is 22.4. The highest BCUT2D eigenvalue weighted by Gasteiger charge is 2.22. The summed E-state index contributed by atoms with van der Waals surface area (Å²) in [6.45, 7) is 4.46. The predicted molar refractivity (Wildman–Crippen MR) is 123 cm³/mol. The second-order valence-corrected chi connectivity index (χ2v) is 8.60. The molecule has 0 N–H and O–H groups in total. The monoisotopic (exact) mass is 406 g/mol. The third-order valence-electron chi connectivity index (χ3n) is 6.09. The topological polar surface area (TPSA) is 9.23 Å². The lowest BCUT2D eigenvalue weighted by atomic mass is 9.85. The average Bonchev–Trinajstić information content (AvgIpc) is 2.76. The summed E-state index contributed by atoms with van der Waals surface area (Å²) in [4.78, 5) is 0. The normalized spacial score (nSPS) is 18.5. The van der Waals surface area contributed by atoms with E-state index in [9.17, 15) is 4.39 Å². The zero-order valence-electron chi connectivity index (χ0n) is 18.6. The van der Waals surface area contributed by atoms with Crippen molar-refractivity contribution in [1.82, 2.24) is 0 Å². The number of benzene rings is 2. The number of aryl methyl sites for hydroxylation is 1. The number of hydrogen-bond donors (Lipinski definition) is 0. The molecule has 160 valence electrons. The lowest BCUT2D eigenvalue weighted by Gasteiger charge is -2.28. The molecule has 0 unspecified atom stereocenters. The molecule has 2 aromatic rings. The molecule has 0 spiro atoms. The van der Waals surface area contributed by atoms with Crippen LogP contribution in [0.2, 0.25) is 0 Å². The van der Waals surface area contributed by atoms with Gasteiger partial charge in [0.1, 0.15) is 0 Å².